The average Bonchev–Trinajstić information content (AvgIpc) is 2.36. The lowest BCUT2D eigenvalue weighted by Crippen LogP contribution is -2.49. The predicted octanol–water partition coefficient (Wildman–Crippen LogP) is 2.18. The zero-order chi connectivity index (χ0) is 15.3. The molecule has 0 unspecified atom stereocenters. The Hall–Kier alpha value is -2.19. The molecule has 0 saturated heterocycles. The fourth-order valence-corrected chi connectivity index (χ4v) is 1.71. The van der Waals surface area contributed by atoms with Crippen LogP contribution in [0, 0.1) is 12.3 Å². The Morgan fingerprint density at radius 1 is 1.40 bits per heavy atom. The summed E-state index contributed by atoms with van der Waals surface area (Å²) >= 11 is 5.94. The molecule has 0 aliphatic carbocycles. The van der Waals surface area contributed by atoms with Crippen LogP contribution in [0.3, 0.4) is 0 Å². The van der Waals surface area contributed by atoms with Crippen molar-refractivity contribution in [3.05, 3.63) is 34.9 Å². The standard InChI is InChI=1S/C14H15ClN2O3/c1-4-14(2,3)17-13(20)16-11(12(18)19)9-7-5-6-8-10(9)15/h1,5-8,11H,2-3H3,(H,18,19)(H2,16,17,20)/t11-/m1/s1. The number of carbonyl (C=O) groups excluding carboxylic acids is 1. The number of carbonyl (C=O) groups is 2. The summed E-state index contributed by atoms with van der Waals surface area (Å²) in [5.41, 5.74) is -0.580. The minimum absolute atomic E-state index is 0.261. The number of urea groups is 1. The van der Waals surface area contributed by atoms with E-state index < -0.39 is 23.6 Å². The predicted molar refractivity (Wildman–Crippen MR) is 76.4 cm³/mol. The lowest BCUT2D eigenvalue weighted by molar-refractivity contribution is -0.139. The molecule has 0 spiro atoms. The molecule has 0 bridgehead atoms. The number of aliphatic carboxylic acids is 1. The van der Waals surface area contributed by atoms with Gasteiger partial charge in [-0.25, -0.2) is 9.59 Å². The van der Waals surface area contributed by atoms with Gasteiger partial charge in [-0.15, -0.1) is 6.42 Å². The van der Waals surface area contributed by atoms with Crippen LogP contribution in [-0.4, -0.2) is 22.6 Å². The number of halogens is 1. The van der Waals surface area contributed by atoms with Crippen LogP contribution in [0.1, 0.15) is 25.5 Å². The smallest absolute Gasteiger partial charge is 0.331 e. The third-order valence-corrected chi connectivity index (χ3v) is 2.87. The Labute approximate surface area is 122 Å². The van der Waals surface area contributed by atoms with Crippen molar-refractivity contribution in [1.29, 1.82) is 0 Å². The van der Waals surface area contributed by atoms with Crippen molar-refractivity contribution in [3.8, 4) is 12.3 Å². The number of hydrogen-bond acceptors (Lipinski definition) is 2. The molecule has 0 aliphatic rings. The summed E-state index contributed by atoms with van der Waals surface area (Å²) in [5.74, 6) is 1.16. The molecule has 0 heterocycles. The van der Waals surface area contributed by atoms with Crippen LogP contribution < -0.4 is 10.6 Å². The van der Waals surface area contributed by atoms with Gasteiger partial charge in [-0.1, -0.05) is 35.7 Å². The molecule has 3 N–H and O–H groups in total. The average molecular weight is 295 g/mol. The van der Waals surface area contributed by atoms with Crippen LogP contribution in [-0.2, 0) is 4.79 Å². The molecule has 0 radical (unpaired) electrons. The van der Waals surface area contributed by atoms with E-state index >= 15 is 0 Å². The molecule has 0 aromatic heterocycles. The molecule has 1 atom stereocenters. The number of nitrogens with one attached hydrogen (secondary N) is 2. The highest BCUT2D eigenvalue weighted by Crippen LogP contribution is 2.22. The van der Waals surface area contributed by atoms with E-state index in [2.05, 4.69) is 16.6 Å². The highest BCUT2D eigenvalue weighted by molar-refractivity contribution is 6.31. The van der Waals surface area contributed by atoms with Crippen molar-refractivity contribution in [2.24, 2.45) is 0 Å². The van der Waals surface area contributed by atoms with Gasteiger partial charge in [0.25, 0.3) is 0 Å². The molecule has 6 heteroatoms. The van der Waals surface area contributed by atoms with Crippen LogP contribution in [0.5, 0.6) is 0 Å². The normalized spacial score (nSPS) is 12.1. The number of carboxylic acids is 1. The van der Waals surface area contributed by atoms with Crippen LogP contribution in [0.15, 0.2) is 24.3 Å². The van der Waals surface area contributed by atoms with E-state index in [1.807, 2.05) is 0 Å². The zero-order valence-corrected chi connectivity index (χ0v) is 11.9. The summed E-state index contributed by atoms with van der Waals surface area (Å²) in [5, 5.41) is 14.3. The second-order valence-corrected chi connectivity index (χ2v) is 5.07. The van der Waals surface area contributed by atoms with E-state index in [1.165, 1.54) is 6.07 Å². The van der Waals surface area contributed by atoms with Crippen molar-refractivity contribution in [2.45, 2.75) is 25.4 Å². The summed E-state index contributed by atoms with van der Waals surface area (Å²) in [4.78, 5) is 23.1. The number of hydrogen-bond donors (Lipinski definition) is 3. The Balaban J connectivity index is 2.91. The van der Waals surface area contributed by atoms with E-state index in [4.69, 9.17) is 18.0 Å². The fraction of sp³-hybridized carbons (Fsp3) is 0.286. The van der Waals surface area contributed by atoms with Gasteiger partial charge in [0.05, 0.1) is 5.54 Å². The molecule has 20 heavy (non-hydrogen) atoms. The van der Waals surface area contributed by atoms with Crippen molar-refractivity contribution < 1.29 is 14.7 Å². The second kappa shape index (κ2) is 6.31. The van der Waals surface area contributed by atoms with Crippen molar-refractivity contribution in [2.75, 3.05) is 0 Å². The molecule has 0 fully saturated rings. The minimum atomic E-state index is -1.25. The minimum Gasteiger partial charge on any atom is -0.479 e. The van der Waals surface area contributed by atoms with Gasteiger partial charge in [0.1, 0.15) is 0 Å². The van der Waals surface area contributed by atoms with Gasteiger partial charge in [-0.3, -0.25) is 0 Å². The molecule has 0 aliphatic heterocycles. The van der Waals surface area contributed by atoms with Gasteiger partial charge in [-0.05, 0) is 19.9 Å². The fourth-order valence-electron chi connectivity index (χ4n) is 1.47. The Morgan fingerprint density at radius 2 is 2.00 bits per heavy atom. The number of carboxylic acid groups (broad SMARTS) is 1. The lowest BCUT2D eigenvalue weighted by atomic mass is 10.1. The molecule has 1 aromatic rings. The maximum absolute atomic E-state index is 11.8. The van der Waals surface area contributed by atoms with Crippen molar-refractivity contribution >= 4 is 23.6 Å². The first-order chi connectivity index (χ1) is 9.26. The van der Waals surface area contributed by atoms with E-state index in [0.29, 0.717) is 5.56 Å². The SMILES string of the molecule is C#CC(C)(C)NC(=O)N[C@@H](C(=O)O)c1ccccc1Cl. The molecule has 106 valence electrons. The molecular formula is C14H15ClN2O3. The van der Waals surface area contributed by atoms with Gasteiger partial charge in [0, 0.05) is 10.6 Å². The third-order valence-electron chi connectivity index (χ3n) is 2.53. The van der Waals surface area contributed by atoms with Crippen LogP contribution in [0.4, 0.5) is 4.79 Å². The number of rotatable bonds is 4. The van der Waals surface area contributed by atoms with Gasteiger partial charge in [0.2, 0.25) is 0 Å². The number of terminal acetylenes is 1. The maximum atomic E-state index is 11.8. The summed E-state index contributed by atoms with van der Waals surface area (Å²) in [6, 6.07) is 4.47. The molecule has 1 rings (SSSR count). The molecule has 2 amide bonds. The number of amides is 2. The first kappa shape index (κ1) is 15.9. The lowest BCUT2D eigenvalue weighted by Gasteiger charge is -2.22. The van der Waals surface area contributed by atoms with Crippen LogP contribution >= 0.6 is 11.6 Å². The summed E-state index contributed by atoms with van der Waals surface area (Å²) in [6.45, 7) is 3.25. The summed E-state index contributed by atoms with van der Waals surface area (Å²) in [6.07, 6.45) is 5.25. The topological polar surface area (TPSA) is 78.4 Å². The van der Waals surface area contributed by atoms with Crippen molar-refractivity contribution in [1.82, 2.24) is 10.6 Å². The van der Waals surface area contributed by atoms with Gasteiger partial charge >= 0.3 is 12.0 Å². The summed E-state index contributed by atoms with van der Waals surface area (Å²) in [7, 11) is 0. The Bertz CT molecular complexity index is 564. The monoisotopic (exact) mass is 294 g/mol. The highest BCUT2D eigenvalue weighted by Gasteiger charge is 2.26. The Kier molecular flexibility index (Phi) is 5.00. The zero-order valence-electron chi connectivity index (χ0n) is 11.1. The first-order valence-corrected chi connectivity index (χ1v) is 6.18. The largest absolute Gasteiger partial charge is 0.479 e. The maximum Gasteiger partial charge on any atom is 0.331 e. The molecule has 0 saturated carbocycles. The highest BCUT2D eigenvalue weighted by atomic mass is 35.5. The Morgan fingerprint density at radius 3 is 2.50 bits per heavy atom. The van der Waals surface area contributed by atoms with Crippen LogP contribution in [0.2, 0.25) is 5.02 Å². The first-order valence-electron chi connectivity index (χ1n) is 5.80. The van der Waals surface area contributed by atoms with Gasteiger partial charge < -0.3 is 15.7 Å². The van der Waals surface area contributed by atoms with Crippen molar-refractivity contribution in [3.63, 3.8) is 0 Å². The van der Waals surface area contributed by atoms with Gasteiger partial charge in [-0.2, -0.15) is 0 Å². The quantitative estimate of drug-likeness (QED) is 0.745. The van der Waals surface area contributed by atoms with E-state index in [-0.39, 0.29) is 5.02 Å². The second-order valence-electron chi connectivity index (χ2n) is 4.66. The van der Waals surface area contributed by atoms with E-state index in [1.54, 1.807) is 32.0 Å². The summed E-state index contributed by atoms with van der Waals surface area (Å²) < 4.78 is 0. The molecule has 1 aromatic carbocycles. The molecular weight excluding hydrogens is 280 g/mol. The van der Waals surface area contributed by atoms with E-state index in [9.17, 15) is 14.7 Å². The molecule has 5 nitrogen and oxygen atoms in total. The van der Waals surface area contributed by atoms with Gasteiger partial charge in [0.15, 0.2) is 6.04 Å². The van der Waals surface area contributed by atoms with Crippen LogP contribution in [0.25, 0.3) is 0 Å². The third kappa shape index (κ3) is 4.18. The van der Waals surface area contributed by atoms with E-state index in [0.717, 1.165) is 0 Å². The number of benzene rings is 1.